The van der Waals surface area contributed by atoms with Crippen molar-refractivity contribution in [3.8, 4) is 0 Å². The molecule has 0 radical (unpaired) electrons. The number of rotatable bonds is 4. The van der Waals surface area contributed by atoms with Crippen molar-refractivity contribution in [2.24, 2.45) is 13.0 Å². The molecule has 3 heteroatoms. The molecule has 0 N–H and O–H groups in total. The van der Waals surface area contributed by atoms with E-state index < -0.39 is 0 Å². The number of carbonyl (C=O) groups excluding carboxylic acids is 1. The Morgan fingerprint density at radius 1 is 1.18 bits per heavy atom. The maximum Gasteiger partial charge on any atom is 0.197 e. The predicted molar refractivity (Wildman–Crippen MR) is 89.1 cm³/mol. The Hall–Kier alpha value is -2.42. The summed E-state index contributed by atoms with van der Waals surface area (Å²) in [6, 6.07) is 11.7. The van der Waals surface area contributed by atoms with Crippen molar-refractivity contribution in [3.63, 3.8) is 0 Å². The number of hydrogen-bond donors (Lipinski definition) is 0. The standard InChI is InChI=1S/C19H20N2O/c1-13(2)11-17-18(19(22)14-7-6-10-20-12-14)15-8-4-5-9-16(15)21(17)3/h4-10,12-13H,11H2,1-3H3. The molecule has 2 aromatic heterocycles. The molecule has 0 fully saturated rings. The van der Waals surface area contributed by atoms with Gasteiger partial charge in [-0.1, -0.05) is 32.0 Å². The largest absolute Gasteiger partial charge is 0.347 e. The van der Waals surface area contributed by atoms with Crippen LogP contribution in [0.5, 0.6) is 0 Å². The Bertz CT molecular complexity index is 816. The number of pyridine rings is 1. The second kappa shape index (κ2) is 5.76. The van der Waals surface area contributed by atoms with Crippen molar-refractivity contribution in [2.45, 2.75) is 20.3 Å². The van der Waals surface area contributed by atoms with Gasteiger partial charge in [-0.3, -0.25) is 9.78 Å². The van der Waals surface area contributed by atoms with Crippen molar-refractivity contribution in [1.82, 2.24) is 9.55 Å². The molecule has 1 aromatic carbocycles. The van der Waals surface area contributed by atoms with Gasteiger partial charge in [-0.25, -0.2) is 0 Å². The Balaban J connectivity index is 2.25. The first-order chi connectivity index (χ1) is 10.6. The number of fused-ring (bicyclic) bond motifs is 1. The number of ketones is 1. The van der Waals surface area contributed by atoms with Crippen molar-refractivity contribution in [1.29, 1.82) is 0 Å². The number of hydrogen-bond acceptors (Lipinski definition) is 2. The molecule has 0 bridgehead atoms. The topological polar surface area (TPSA) is 34.9 Å². The Labute approximate surface area is 130 Å². The van der Waals surface area contributed by atoms with Crippen molar-refractivity contribution in [3.05, 3.63) is 65.6 Å². The fourth-order valence-corrected chi connectivity index (χ4v) is 2.97. The zero-order chi connectivity index (χ0) is 15.7. The van der Waals surface area contributed by atoms with Crippen LogP contribution < -0.4 is 0 Å². The van der Waals surface area contributed by atoms with Crippen LogP contribution in [0, 0.1) is 5.92 Å². The minimum absolute atomic E-state index is 0.0561. The van der Waals surface area contributed by atoms with Gasteiger partial charge in [0.2, 0.25) is 0 Å². The molecule has 0 atom stereocenters. The molecule has 0 spiro atoms. The molecule has 0 aliphatic heterocycles. The fraction of sp³-hybridized carbons (Fsp3) is 0.263. The molecule has 2 heterocycles. The van der Waals surface area contributed by atoms with Crippen LogP contribution in [0.1, 0.15) is 35.5 Å². The summed E-state index contributed by atoms with van der Waals surface area (Å²) in [5, 5.41) is 1.02. The van der Waals surface area contributed by atoms with Crippen LogP contribution >= 0.6 is 0 Å². The first-order valence-corrected chi connectivity index (χ1v) is 7.60. The molecule has 3 aromatic rings. The lowest BCUT2D eigenvalue weighted by Gasteiger charge is -2.10. The van der Waals surface area contributed by atoms with Crippen molar-refractivity contribution in [2.75, 3.05) is 0 Å². The van der Waals surface area contributed by atoms with Gasteiger partial charge >= 0.3 is 0 Å². The van der Waals surface area contributed by atoms with Gasteiger partial charge in [0, 0.05) is 41.6 Å². The lowest BCUT2D eigenvalue weighted by atomic mass is 9.97. The molecule has 0 aliphatic carbocycles. The van der Waals surface area contributed by atoms with Gasteiger partial charge in [-0.2, -0.15) is 0 Å². The fourth-order valence-electron chi connectivity index (χ4n) is 2.97. The summed E-state index contributed by atoms with van der Waals surface area (Å²) < 4.78 is 2.15. The second-order valence-electron chi connectivity index (χ2n) is 6.07. The summed E-state index contributed by atoms with van der Waals surface area (Å²) in [6.45, 7) is 4.35. The third-order valence-corrected chi connectivity index (χ3v) is 3.98. The molecular formula is C19H20N2O. The first kappa shape index (κ1) is 14.5. The van der Waals surface area contributed by atoms with Crippen molar-refractivity contribution < 1.29 is 4.79 Å². The van der Waals surface area contributed by atoms with Gasteiger partial charge in [0.1, 0.15) is 0 Å². The van der Waals surface area contributed by atoms with E-state index in [1.165, 1.54) is 0 Å². The second-order valence-corrected chi connectivity index (χ2v) is 6.07. The summed E-state index contributed by atoms with van der Waals surface area (Å²) in [4.78, 5) is 17.1. The van der Waals surface area contributed by atoms with Gasteiger partial charge in [-0.05, 0) is 30.5 Å². The number of aryl methyl sites for hydroxylation is 1. The Kier molecular flexibility index (Phi) is 3.80. The average Bonchev–Trinajstić information content (AvgIpc) is 2.80. The van der Waals surface area contributed by atoms with E-state index >= 15 is 0 Å². The molecule has 22 heavy (non-hydrogen) atoms. The highest BCUT2D eigenvalue weighted by atomic mass is 16.1. The number of carbonyl (C=O) groups is 1. The van der Waals surface area contributed by atoms with E-state index in [0.717, 1.165) is 28.6 Å². The van der Waals surface area contributed by atoms with E-state index in [0.29, 0.717) is 11.5 Å². The third kappa shape index (κ3) is 2.43. The van der Waals surface area contributed by atoms with Crippen LogP contribution in [0.2, 0.25) is 0 Å². The average molecular weight is 292 g/mol. The van der Waals surface area contributed by atoms with Gasteiger partial charge in [-0.15, -0.1) is 0 Å². The van der Waals surface area contributed by atoms with Gasteiger partial charge in [0.15, 0.2) is 5.78 Å². The lowest BCUT2D eigenvalue weighted by Crippen LogP contribution is -2.09. The SMILES string of the molecule is CC(C)Cc1c(C(=O)c2cccnc2)c2ccccc2n1C. The maximum absolute atomic E-state index is 13.0. The molecule has 3 rings (SSSR count). The molecular weight excluding hydrogens is 272 g/mol. The zero-order valence-electron chi connectivity index (χ0n) is 13.2. The van der Waals surface area contributed by atoms with Gasteiger partial charge in [0.05, 0.1) is 5.56 Å². The van der Waals surface area contributed by atoms with Crippen LogP contribution in [-0.2, 0) is 13.5 Å². The van der Waals surface area contributed by atoms with Gasteiger partial charge < -0.3 is 4.57 Å². The molecule has 0 aliphatic rings. The third-order valence-electron chi connectivity index (χ3n) is 3.98. The number of nitrogens with zero attached hydrogens (tertiary/aromatic N) is 2. The molecule has 0 saturated heterocycles. The van der Waals surface area contributed by atoms with E-state index in [1.807, 2.05) is 31.3 Å². The van der Waals surface area contributed by atoms with Gasteiger partial charge in [0.25, 0.3) is 0 Å². The molecule has 112 valence electrons. The molecule has 0 unspecified atom stereocenters. The smallest absolute Gasteiger partial charge is 0.197 e. The minimum atomic E-state index is 0.0561. The van der Waals surface area contributed by atoms with Crippen LogP contribution in [0.3, 0.4) is 0 Å². The summed E-state index contributed by atoms with van der Waals surface area (Å²) in [5.41, 5.74) is 3.67. The highest BCUT2D eigenvalue weighted by Crippen LogP contribution is 2.29. The van der Waals surface area contributed by atoms with Crippen LogP contribution in [0.4, 0.5) is 0 Å². The van der Waals surface area contributed by atoms with E-state index in [9.17, 15) is 4.79 Å². The highest BCUT2D eigenvalue weighted by Gasteiger charge is 2.22. The highest BCUT2D eigenvalue weighted by molar-refractivity contribution is 6.17. The normalized spacial score (nSPS) is 11.3. The summed E-state index contributed by atoms with van der Waals surface area (Å²) in [6.07, 6.45) is 4.21. The van der Waals surface area contributed by atoms with E-state index in [2.05, 4.69) is 29.5 Å². The summed E-state index contributed by atoms with van der Waals surface area (Å²) in [7, 11) is 2.04. The quantitative estimate of drug-likeness (QED) is 0.681. The van der Waals surface area contributed by atoms with E-state index in [4.69, 9.17) is 0 Å². The summed E-state index contributed by atoms with van der Waals surface area (Å²) in [5.74, 6) is 0.545. The maximum atomic E-state index is 13.0. The lowest BCUT2D eigenvalue weighted by molar-refractivity contribution is 0.103. The van der Waals surface area contributed by atoms with E-state index in [1.54, 1.807) is 18.5 Å². The molecule has 3 nitrogen and oxygen atoms in total. The van der Waals surface area contributed by atoms with Crippen LogP contribution in [0.25, 0.3) is 10.9 Å². The number of para-hydroxylation sites is 1. The van der Waals surface area contributed by atoms with E-state index in [-0.39, 0.29) is 5.78 Å². The molecule has 0 saturated carbocycles. The Morgan fingerprint density at radius 2 is 1.95 bits per heavy atom. The monoisotopic (exact) mass is 292 g/mol. The number of aromatic nitrogens is 2. The predicted octanol–water partition coefficient (Wildman–Crippen LogP) is 4.00. The minimum Gasteiger partial charge on any atom is -0.347 e. The summed E-state index contributed by atoms with van der Waals surface area (Å²) >= 11 is 0. The van der Waals surface area contributed by atoms with Crippen molar-refractivity contribution >= 4 is 16.7 Å². The number of benzene rings is 1. The van der Waals surface area contributed by atoms with Crippen LogP contribution in [0.15, 0.2) is 48.8 Å². The first-order valence-electron chi connectivity index (χ1n) is 7.60. The zero-order valence-corrected chi connectivity index (χ0v) is 13.2. The van der Waals surface area contributed by atoms with Crippen LogP contribution in [-0.4, -0.2) is 15.3 Å². The molecule has 0 amide bonds. The Morgan fingerprint density at radius 3 is 2.64 bits per heavy atom.